The fraction of sp³-hybridized carbons (Fsp3) is 0.381. The molecule has 0 spiro atoms. The topological polar surface area (TPSA) is 59.9 Å². The molecule has 1 saturated heterocycles. The zero-order chi connectivity index (χ0) is 20.8. The van der Waals surface area contributed by atoms with E-state index in [2.05, 4.69) is 15.6 Å². The van der Waals surface area contributed by atoms with Gasteiger partial charge in [-0.05, 0) is 49.2 Å². The van der Waals surface area contributed by atoms with Crippen LogP contribution in [0.15, 0.2) is 41.4 Å². The van der Waals surface area contributed by atoms with E-state index in [1.807, 2.05) is 4.90 Å². The van der Waals surface area contributed by atoms with Crippen LogP contribution in [0.2, 0.25) is 0 Å². The van der Waals surface area contributed by atoms with Crippen LogP contribution in [0.5, 0.6) is 5.75 Å². The molecule has 0 saturated carbocycles. The minimum Gasteiger partial charge on any atom is -0.505 e. The van der Waals surface area contributed by atoms with E-state index in [1.54, 1.807) is 13.1 Å². The maximum atomic E-state index is 13.9. The van der Waals surface area contributed by atoms with Crippen molar-refractivity contribution in [1.82, 2.24) is 15.5 Å². The summed E-state index contributed by atoms with van der Waals surface area (Å²) < 4.78 is 41.3. The maximum absolute atomic E-state index is 13.9. The molecule has 1 aliphatic heterocycles. The van der Waals surface area contributed by atoms with Crippen LogP contribution in [0.4, 0.5) is 13.2 Å². The molecule has 3 rings (SSSR count). The van der Waals surface area contributed by atoms with Gasteiger partial charge in [0.2, 0.25) is 0 Å². The van der Waals surface area contributed by atoms with Gasteiger partial charge in [0.25, 0.3) is 0 Å². The van der Waals surface area contributed by atoms with Gasteiger partial charge < -0.3 is 15.7 Å². The molecule has 8 heteroatoms. The first-order chi connectivity index (χ1) is 14.0. The summed E-state index contributed by atoms with van der Waals surface area (Å²) in [6, 6.07) is 8.19. The second kappa shape index (κ2) is 9.65. The second-order valence-corrected chi connectivity index (χ2v) is 7.13. The van der Waals surface area contributed by atoms with E-state index in [0.29, 0.717) is 24.6 Å². The number of piperidine rings is 1. The van der Waals surface area contributed by atoms with Gasteiger partial charge in [0.1, 0.15) is 11.6 Å². The number of hydrogen-bond acceptors (Lipinski definition) is 3. The van der Waals surface area contributed by atoms with Crippen LogP contribution in [0, 0.1) is 17.5 Å². The Morgan fingerprint density at radius 1 is 1.17 bits per heavy atom. The molecule has 0 aromatic heterocycles. The van der Waals surface area contributed by atoms with Crippen molar-refractivity contribution in [2.24, 2.45) is 4.99 Å². The van der Waals surface area contributed by atoms with Gasteiger partial charge in [-0.1, -0.05) is 12.1 Å². The Balaban J connectivity index is 1.55. The minimum atomic E-state index is -0.671. The first kappa shape index (κ1) is 21.0. The summed E-state index contributed by atoms with van der Waals surface area (Å²) in [6.07, 6.45) is 1.80. The Morgan fingerprint density at radius 2 is 1.93 bits per heavy atom. The summed E-state index contributed by atoms with van der Waals surface area (Å²) in [5.74, 6) is -1.56. The highest BCUT2D eigenvalue weighted by Gasteiger charge is 2.22. The highest BCUT2D eigenvalue weighted by Crippen LogP contribution is 2.19. The van der Waals surface area contributed by atoms with E-state index in [1.165, 1.54) is 30.3 Å². The zero-order valence-electron chi connectivity index (χ0n) is 16.3. The molecule has 0 aliphatic carbocycles. The summed E-state index contributed by atoms with van der Waals surface area (Å²) in [4.78, 5) is 6.21. The summed E-state index contributed by atoms with van der Waals surface area (Å²) >= 11 is 0. The van der Waals surface area contributed by atoms with E-state index in [9.17, 15) is 18.3 Å². The van der Waals surface area contributed by atoms with Crippen molar-refractivity contribution in [3.05, 3.63) is 65.0 Å². The van der Waals surface area contributed by atoms with Gasteiger partial charge in [0, 0.05) is 38.3 Å². The summed E-state index contributed by atoms with van der Waals surface area (Å²) in [5.41, 5.74) is 0.758. The molecule has 0 bridgehead atoms. The number of phenolic OH excluding ortho intramolecular Hbond substituents is 1. The third kappa shape index (κ3) is 5.63. The summed E-state index contributed by atoms with van der Waals surface area (Å²) in [6.45, 7) is 1.95. The number of guanidine groups is 1. The van der Waals surface area contributed by atoms with Gasteiger partial charge in [-0.3, -0.25) is 9.89 Å². The molecule has 2 aromatic rings. The zero-order valence-corrected chi connectivity index (χ0v) is 16.3. The molecule has 29 heavy (non-hydrogen) atoms. The molecule has 1 heterocycles. The molecule has 1 atom stereocenters. The Morgan fingerprint density at radius 3 is 2.62 bits per heavy atom. The van der Waals surface area contributed by atoms with Crippen molar-refractivity contribution in [1.29, 1.82) is 0 Å². The molecule has 2 aromatic carbocycles. The van der Waals surface area contributed by atoms with Gasteiger partial charge >= 0.3 is 0 Å². The van der Waals surface area contributed by atoms with Crippen LogP contribution in [0.25, 0.3) is 0 Å². The largest absolute Gasteiger partial charge is 0.505 e. The number of halogens is 3. The Labute approximate surface area is 168 Å². The molecule has 1 unspecified atom stereocenters. The van der Waals surface area contributed by atoms with Crippen LogP contribution >= 0.6 is 0 Å². The van der Waals surface area contributed by atoms with Crippen molar-refractivity contribution in [2.75, 3.05) is 20.1 Å². The number of benzene rings is 2. The van der Waals surface area contributed by atoms with Crippen molar-refractivity contribution >= 4 is 5.96 Å². The van der Waals surface area contributed by atoms with Crippen molar-refractivity contribution in [2.45, 2.75) is 32.0 Å². The number of aliphatic imine (C=N–C) groups is 1. The van der Waals surface area contributed by atoms with E-state index in [4.69, 9.17) is 0 Å². The normalized spacial score (nSPS) is 17.9. The highest BCUT2D eigenvalue weighted by molar-refractivity contribution is 5.80. The van der Waals surface area contributed by atoms with Crippen molar-refractivity contribution < 1.29 is 18.3 Å². The number of nitrogens with zero attached hydrogens (tertiary/aromatic N) is 2. The predicted molar refractivity (Wildman–Crippen MR) is 106 cm³/mol. The number of nitrogens with one attached hydrogen (secondary N) is 2. The fourth-order valence-corrected chi connectivity index (χ4v) is 3.46. The maximum Gasteiger partial charge on any atom is 0.191 e. The third-order valence-electron chi connectivity index (χ3n) is 4.99. The van der Waals surface area contributed by atoms with E-state index in [0.717, 1.165) is 19.4 Å². The predicted octanol–water partition coefficient (Wildman–Crippen LogP) is 3.14. The summed E-state index contributed by atoms with van der Waals surface area (Å²) in [7, 11) is 1.64. The average molecular weight is 406 g/mol. The fourth-order valence-electron chi connectivity index (χ4n) is 3.46. The van der Waals surface area contributed by atoms with E-state index in [-0.39, 0.29) is 23.9 Å². The van der Waals surface area contributed by atoms with Crippen LogP contribution in [-0.2, 0) is 13.1 Å². The second-order valence-electron chi connectivity index (χ2n) is 7.13. The SMILES string of the molecule is CN=C(NCc1ccc(O)c(F)c1)NC1CCCN(Cc2c(F)cccc2F)C1. The van der Waals surface area contributed by atoms with Gasteiger partial charge in [0.15, 0.2) is 17.5 Å². The quantitative estimate of drug-likeness (QED) is 0.528. The van der Waals surface area contributed by atoms with Crippen LogP contribution < -0.4 is 10.6 Å². The smallest absolute Gasteiger partial charge is 0.191 e. The first-order valence-electron chi connectivity index (χ1n) is 9.56. The minimum absolute atomic E-state index is 0.0707. The molecule has 1 fully saturated rings. The average Bonchev–Trinajstić information content (AvgIpc) is 2.71. The van der Waals surface area contributed by atoms with Gasteiger partial charge in [-0.2, -0.15) is 0 Å². The number of likely N-dealkylation sites (tertiary alicyclic amines) is 1. The lowest BCUT2D eigenvalue weighted by molar-refractivity contribution is 0.188. The lowest BCUT2D eigenvalue weighted by atomic mass is 10.0. The van der Waals surface area contributed by atoms with Gasteiger partial charge in [0.05, 0.1) is 0 Å². The molecular formula is C21H25F3N4O. The van der Waals surface area contributed by atoms with Gasteiger partial charge in [-0.15, -0.1) is 0 Å². The molecular weight excluding hydrogens is 381 g/mol. The van der Waals surface area contributed by atoms with Crippen LogP contribution in [0.3, 0.4) is 0 Å². The van der Waals surface area contributed by atoms with E-state index >= 15 is 0 Å². The first-order valence-corrected chi connectivity index (χ1v) is 9.56. The van der Waals surface area contributed by atoms with Crippen LogP contribution in [-0.4, -0.2) is 42.1 Å². The Hall–Kier alpha value is -2.74. The number of phenols is 1. The molecule has 3 N–H and O–H groups in total. The highest BCUT2D eigenvalue weighted by atomic mass is 19.1. The molecule has 0 radical (unpaired) electrons. The number of rotatable bonds is 5. The molecule has 1 aliphatic rings. The number of aromatic hydroxyl groups is 1. The molecule has 5 nitrogen and oxygen atoms in total. The lowest BCUT2D eigenvalue weighted by Crippen LogP contribution is -2.50. The Kier molecular flexibility index (Phi) is 6.98. The van der Waals surface area contributed by atoms with Crippen molar-refractivity contribution in [3.63, 3.8) is 0 Å². The third-order valence-corrected chi connectivity index (χ3v) is 4.99. The molecule has 0 amide bonds. The molecule has 156 valence electrons. The van der Waals surface area contributed by atoms with Gasteiger partial charge in [-0.25, -0.2) is 13.2 Å². The standard InChI is InChI=1S/C21H25F3N4O/c1-25-21(26-11-14-7-8-20(29)19(24)10-14)27-15-4-3-9-28(12-15)13-16-17(22)5-2-6-18(16)23/h2,5-8,10,15,29H,3-4,9,11-13H2,1H3,(H2,25,26,27). The van der Waals surface area contributed by atoms with E-state index < -0.39 is 17.5 Å². The van der Waals surface area contributed by atoms with Crippen LogP contribution in [0.1, 0.15) is 24.0 Å². The lowest BCUT2D eigenvalue weighted by Gasteiger charge is -2.34. The number of hydrogen-bond donors (Lipinski definition) is 3. The monoisotopic (exact) mass is 406 g/mol. The Bertz CT molecular complexity index is 855. The van der Waals surface area contributed by atoms with Crippen molar-refractivity contribution in [3.8, 4) is 5.75 Å². The summed E-state index contributed by atoms with van der Waals surface area (Å²) in [5, 5.41) is 15.7.